The second-order valence-corrected chi connectivity index (χ2v) is 5.83. The fraction of sp³-hybridized carbons (Fsp3) is 0.150. The minimum atomic E-state index is -0.985. The van der Waals surface area contributed by atoms with Gasteiger partial charge in [0, 0.05) is 18.1 Å². The number of nitrogens with zero attached hydrogens (tertiary/aromatic N) is 1. The quantitative estimate of drug-likeness (QED) is 0.762. The third kappa shape index (κ3) is 4.18. The SMILES string of the molecule is CC(O)(/C=C/c1ccccc1)Cc1cc(-c2ccccc2)on1. The Labute approximate surface area is 135 Å². The van der Waals surface area contributed by atoms with Gasteiger partial charge in [-0.15, -0.1) is 0 Å². The van der Waals surface area contributed by atoms with E-state index >= 15 is 0 Å². The summed E-state index contributed by atoms with van der Waals surface area (Å²) in [5.41, 5.74) is 1.77. The average Bonchev–Trinajstić information content (AvgIpc) is 3.03. The highest BCUT2D eigenvalue weighted by Gasteiger charge is 2.20. The Morgan fingerprint density at radius 2 is 1.70 bits per heavy atom. The maximum Gasteiger partial charge on any atom is 0.167 e. The van der Waals surface area contributed by atoms with Crippen molar-refractivity contribution in [1.29, 1.82) is 0 Å². The first-order chi connectivity index (χ1) is 11.1. The van der Waals surface area contributed by atoms with Crippen LogP contribution in [0.15, 0.2) is 77.3 Å². The molecule has 1 N–H and O–H groups in total. The van der Waals surface area contributed by atoms with Gasteiger partial charge >= 0.3 is 0 Å². The highest BCUT2D eigenvalue weighted by molar-refractivity contribution is 5.57. The van der Waals surface area contributed by atoms with Gasteiger partial charge in [-0.2, -0.15) is 0 Å². The summed E-state index contributed by atoms with van der Waals surface area (Å²) < 4.78 is 5.37. The Bertz CT molecular complexity index is 774. The van der Waals surface area contributed by atoms with Crippen molar-refractivity contribution in [2.75, 3.05) is 0 Å². The Morgan fingerprint density at radius 3 is 2.39 bits per heavy atom. The monoisotopic (exact) mass is 305 g/mol. The minimum absolute atomic E-state index is 0.396. The van der Waals surface area contributed by atoms with Crippen molar-refractivity contribution in [3.63, 3.8) is 0 Å². The van der Waals surface area contributed by atoms with Gasteiger partial charge in [0.15, 0.2) is 5.76 Å². The summed E-state index contributed by atoms with van der Waals surface area (Å²) in [7, 11) is 0. The van der Waals surface area contributed by atoms with Crippen LogP contribution in [0.25, 0.3) is 17.4 Å². The standard InChI is InChI=1S/C20H19NO2/c1-20(22,13-12-16-8-4-2-5-9-16)15-18-14-19(23-21-18)17-10-6-3-7-11-17/h2-14,22H,15H2,1H3/b13-12+. The van der Waals surface area contributed by atoms with Gasteiger partial charge in [-0.1, -0.05) is 78.0 Å². The molecule has 0 aliphatic carbocycles. The normalized spacial score (nSPS) is 14.0. The highest BCUT2D eigenvalue weighted by atomic mass is 16.5. The lowest BCUT2D eigenvalue weighted by atomic mass is 9.98. The molecule has 0 aliphatic heterocycles. The summed E-state index contributed by atoms with van der Waals surface area (Å²) in [4.78, 5) is 0. The molecule has 23 heavy (non-hydrogen) atoms. The Morgan fingerprint density at radius 1 is 1.04 bits per heavy atom. The van der Waals surface area contributed by atoms with Crippen molar-refractivity contribution in [1.82, 2.24) is 5.16 Å². The van der Waals surface area contributed by atoms with Gasteiger partial charge in [0.1, 0.15) is 0 Å². The van der Waals surface area contributed by atoms with Gasteiger partial charge in [-0.25, -0.2) is 0 Å². The van der Waals surface area contributed by atoms with Crippen LogP contribution in [0.3, 0.4) is 0 Å². The van der Waals surface area contributed by atoms with Crippen molar-refractivity contribution >= 4 is 6.08 Å². The first-order valence-corrected chi connectivity index (χ1v) is 7.60. The molecule has 116 valence electrons. The molecule has 0 radical (unpaired) electrons. The zero-order valence-electron chi connectivity index (χ0n) is 13.0. The smallest absolute Gasteiger partial charge is 0.167 e. The van der Waals surface area contributed by atoms with Crippen LogP contribution in [0.2, 0.25) is 0 Å². The number of rotatable bonds is 5. The molecule has 1 heterocycles. The molecule has 0 fully saturated rings. The van der Waals surface area contributed by atoms with E-state index in [1.807, 2.05) is 72.8 Å². The van der Waals surface area contributed by atoms with Crippen LogP contribution in [0.1, 0.15) is 18.2 Å². The number of aromatic nitrogens is 1. The molecule has 3 heteroatoms. The van der Waals surface area contributed by atoms with E-state index in [4.69, 9.17) is 4.52 Å². The van der Waals surface area contributed by atoms with Crippen LogP contribution in [-0.2, 0) is 6.42 Å². The Kier molecular flexibility index (Phi) is 4.40. The van der Waals surface area contributed by atoms with E-state index in [1.54, 1.807) is 13.0 Å². The second-order valence-electron chi connectivity index (χ2n) is 5.83. The van der Waals surface area contributed by atoms with E-state index in [0.717, 1.165) is 16.8 Å². The molecule has 2 aromatic carbocycles. The summed E-state index contributed by atoms with van der Waals surface area (Å²) >= 11 is 0. The van der Waals surface area contributed by atoms with E-state index in [1.165, 1.54) is 0 Å². The van der Waals surface area contributed by atoms with Crippen molar-refractivity contribution < 1.29 is 9.63 Å². The van der Waals surface area contributed by atoms with Crippen molar-refractivity contribution in [2.24, 2.45) is 0 Å². The molecule has 3 aromatic rings. The zero-order valence-corrected chi connectivity index (χ0v) is 13.0. The molecule has 3 nitrogen and oxygen atoms in total. The van der Waals surface area contributed by atoms with Crippen molar-refractivity contribution in [3.05, 3.63) is 84.1 Å². The maximum absolute atomic E-state index is 10.5. The van der Waals surface area contributed by atoms with Crippen LogP contribution in [-0.4, -0.2) is 15.9 Å². The van der Waals surface area contributed by atoms with E-state index in [9.17, 15) is 5.11 Å². The molecule has 1 unspecified atom stereocenters. The molecule has 0 amide bonds. The fourth-order valence-electron chi connectivity index (χ4n) is 2.40. The van der Waals surface area contributed by atoms with Gasteiger partial charge in [0.2, 0.25) is 0 Å². The van der Waals surface area contributed by atoms with Gasteiger partial charge in [0.05, 0.1) is 11.3 Å². The topological polar surface area (TPSA) is 46.3 Å². The summed E-state index contributed by atoms with van der Waals surface area (Å²) in [6.45, 7) is 1.77. The molecule has 1 aromatic heterocycles. The first kappa shape index (κ1) is 15.3. The predicted molar refractivity (Wildman–Crippen MR) is 91.7 cm³/mol. The largest absolute Gasteiger partial charge is 0.386 e. The Balaban J connectivity index is 1.71. The van der Waals surface area contributed by atoms with Crippen LogP contribution >= 0.6 is 0 Å². The Hall–Kier alpha value is -2.65. The molecule has 3 rings (SSSR count). The van der Waals surface area contributed by atoms with E-state index in [2.05, 4.69) is 5.16 Å². The van der Waals surface area contributed by atoms with Gasteiger partial charge < -0.3 is 9.63 Å². The van der Waals surface area contributed by atoms with E-state index < -0.39 is 5.60 Å². The van der Waals surface area contributed by atoms with Gasteiger partial charge in [-0.3, -0.25) is 0 Å². The van der Waals surface area contributed by atoms with Crippen LogP contribution in [0.5, 0.6) is 0 Å². The molecule has 0 bridgehead atoms. The molecular formula is C20H19NO2. The number of benzene rings is 2. The van der Waals surface area contributed by atoms with E-state index in [0.29, 0.717) is 12.2 Å². The number of hydrogen-bond acceptors (Lipinski definition) is 3. The summed E-state index contributed by atoms with van der Waals surface area (Å²) in [5, 5.41) is 14.6. The second kappa shape index (κ2) is 6.63. The number of hydrogen-bond donors (Lipinski definition) is 1. The highest BCUT2D eigenvalue weighted by Crippen LogP contribution is 2.22. The molecule has 0 saturated heterocycles. The van der Waals surface area contributed by atoms with Crippen molar-refractivity contribution in [3.8, 4) is 11.3 Å². The summed E-state index contributed by atoms with van der Waals surface area (Å²) in [6, 6.07) is 21.6. The maximum atomic E-state index is 10.5. The number of aliphatic hydroxyl groups is 1. The first-order valence-electron chi connectivity index (χ1n) is 7.60. The third-order valence-corrected chi connectivity index (χ3v) is 3.59. The molecule has 0 spiro atoms. The lowest BCUT2D eigenvalue weighted by Gasteiger charge is -2.16. The average molecular weight is 305 g/mol. The molecule has 0 saturated carbocycles. The minimum Gasteiger partial charge on any atom is -0.386 e. The predicted octanol–water partition coefficient (Wildman–Crippen LogP) is 4.35. The lowest BCUT2D eigenvalue weighted by Crippen LogP contribution is -2.24. The molecule has 0 aliphatic rings. The lowest BCUT2D eigenvalue weighted by molar-refractivity contribution is 0.111. The third-order valence-electron chi connectivity index (χ3n) is 3.59. The van der Waals surface area contributed by atoms with Gasteiger partial charge in [0.25, 0.3) is 0 Å². The fourth-order valence-corrected chi connectivity index (χ4v) is 2.40. The zero-order chi connectivity index (χ0) is 16.1. The van der Waals surface area contributed by atoms with Crippen LogP contribution in [0, 0.1) is 0 Å². The summed E-state index contributed by atoms with van der Waals surface area (Å²) in [6.07, 6.45) is 4.10. The van der Waals surface area contributed by atoms with Crippen LogP contribution in [0.4, 0.5) is 0 Å². The molecule has 1 atom stereocenters. The van der Waals surface area contributed by atoms with Crippen LogP contribution < -0.4 is 0 Å². The van der Waals surface area contributed by atoms with Gasteiger partial charge in [-0.05, 0) is 12.5 Å². The van der Waals surface area contributed by atoms with E-state index in [-0.39, 0.29) is 0 Å². The molecular weight excluding hydrogens is 286 g/mol. The van der Waals surface area contributed by atoms with Crippen molar-refractivity contribution in [2.45, 2.75) is 18.9 Å². The summed E-state index contributed by atoms with van der Waals surface area (Å²) in [5.74, 6) is 0.712.